The Morgan fingerprint density at radius 3 is 3.03 bits per heavy atom. The summed E-state index contributed by atoms with van der Waals surface area (Å²) in [6.07, 6.45) is 6.28. The van der Waals surface area contributed by atoms with E-state index in [0.29, 0.717) is 23.8 Å². The molecule has 3 heterocycles. The summed E-state index contributed by atoms with van der Waals surface area (Å²) >= 11 is 0. The fourth-order valence-corrected chi connectivity index (χ4v) is 3.91. The molecule has 8 nitrogen and oxygen atoms in total. The highest BCUT2D eigenvalue weighted by atomic mass is 16.7. The standard InChI is InChI=1S/C22H29N5O3/c1-2-9-23-20-12-21(25-14-24-20)27-10-3-4-16(13-27)5-8-22(28)26-17-6-7-18-19(11-17)30-15-29-18/h6-7,11-12,14,16H,2-5,8-10,13,15H2,1H3,(H,26,28)(H,23,24,25). The lowest BCUT2D eigenvalue weighted by atomic mass is 9.93. The number of ether oxygens (including phenoxy) is 2. The van der Waals surface area contributed by atoms with E-state index in [2.05, 4.69) is 32.4 Å². The monoisotopic (exact) mass is 411 g/mol. The normalized spacial score (nSPS) is 17.6. The van der Waals surface area contributed by atoms with E-state index in [0.717, 1.165) is 62.6 Å². The lowest BCUT2D eigenvalue weighted by molar-refractivity contribution is -0.116. The molecule has 2 aliphatic rings. The molecule has 2 aromatic rings. The van der Waals surface area contributed by atoms with Crippen LogP contribution in [0.2, 0.25) is 0 Å². The number of carbonyl (C=O) groups excluding carboxylic acids is 1. The molecule has 30 heavy (non-hydrogen) atoms. The third kappa shape index (κ3) is 5.11. The molecule has 1 unspecified atom stereocenters. The highest BCUT2D eigenvalue weighted by molar-refractivity contribution is 5.91. The quantitative estimate of drug-likeness (QED) is 0.685. The van der Waals surface area contributed by atoms with Crippen molar-refractivity contribution < 1.29 is 14.3 Å². The number of hydrogen-bond donors (Lipinski definition) is 2. The summed E-state index contributed by atoms with van der Waals surface area (Å²) in [7, 11) is 0. The number of aromatic nitrogens is 2. The smallest absolute Gasteiger partial charge is 0.231 e. The molecule has 1 saturated heterocycles. The van der Waals surface area contributed by atoms with Crippen LogP contribution in [0.4, 0.5) is 17.3 Å². The Labute approximate surface area is 177 Å². The summed E-state index contributed by atoms with van der Waals surface area (Å²) in [5.41, 5.74) is 0.739. The van der Waals surface area contributed by atoms with E-state index >= 15 is 0 Å². The predicted octanol–water partition coefficient (Wildman–Crippen LogP) is 3.66. The van der Waals surface area contributed by atoms with Crippen molar-refractivity contribution in [3.8, 4) is 11.5 Å². The van der Waals surface area contributed by atoms with Gasteiger partial charge < -0.3 is 25.0 Å². The first-order valence-corrected chi connectivity index (χ1v) is 10.7. The van der Waals surface area contributed by atoms with Gasteiger partial charge in [0.1, 0.15) is 18.0 Å². The Morgan fingerprint density at radius 1 is 1.23 bits per heavy atom. The van der Waals surface area contributed by atoms with Crippen LogP contribution in [-0.2, 0) is 4.79 Å². The number of amides is 1. The molecule has 1 aromatic heterocycles. The summed E-state index contributed by atoms with van der Waals surface area (Å²) in [6, 6.07) is 7.49. The van der Waals surface area contributed by atoms with Crippen molar-refractivity contribution in [2.75, 3.05) is 42.0 Å². The third-order valence-corrected chi connectivity index (χ3v) is 5.49. The van der Waals surface area contributed by atoms with E-state index in [1.807, 2.05) is 24.3 Å². The van der Waals surface area contributed by atoms with Crippen molar-refractivity contribution in [3.05, 3.63) is 30.6 Å². The first-order valence-electron chi connectivity index (χ1n) is 10.7. The van der Waals surface area contributed by atoms with Gasteiger partial charge in [-0.2, -0.15) is 0 Å². The Morgan fingerprint density at radius 2 is 2.13 bits per heavy atom. The lowest BCUT2D eigenvalue weighted by Crippen LogP contribution is -2.36. The molecule has 1 fully saturated rings. The van der Waals surface area contributed by atoms with Gasteiger partial charge in [0.15, 0.2) is 11.5 Å². The molecule has 2 aliphatic heterocycles. The molecule has 160 valence electrons. The van der Waals surface area contributed by atoms with Crippen LogP contribution in [0.15, 0.2) is 30.6 Å². The molecule has 8 heteroatoms. The van der Waals surface area contributed by atoms with E-state index in [4.69, 9.17) is 9.47 Å². The van der Waals surface area contributed by atoms with Gasteiger partial charge >= 0.3 is 0 Å². The molecule has 0 spiro atoms. The van der Waals surface area contributed by atoms with Crippen LogP contribution in [0.5, 0.6) is 11.5 Å². The van der Waals surface area contributed by atoms with Crippen molar-refractivity contribution in [1.29, 1.82) is 0 Å². The van der Waals surface area contributed by atoms with Gasteiger partial charge in [-0.05, 0) is 43.7 Å². The molecule has 4 rings (SSSR count). The Bertz CT molecular complexity index is 876. The maximum Gasteiger partial charge on any atom is 0.231 e. The largest absolute Gasteiger partial charge is 0.454 e. The predicted molar refractivity (Wildman–Crippen MR) is 116 cm³/mol. The zero-order chi connectivity index (χ0) is 20.8. The van der Waals surface area contributed by atoms with Crippen molar-refractivity contribution in [2.24, 2.45) is 5.92 Å². The number of carbonyl (C=O) groups is 1. The molecule has 1 aromatic carbocycles. The van der Waals surface area contributed by atoms with Crippen LogP contribution in [0.1, 0.15) is 39.0 Å². The van der Waals surface area contributed by atoms with Crippen LogP contribution in [-0.4, -0.2) is 42.3 Å². The second-order valence-electron chi connectivity index (χ2n) is 7.80. The molecule has 0 radical (unpaired) electrons. The second kappa shape index (κ2) is 9.65. The minimum absolute atomic E-state index is 0.0269. The topological polar surface area (TPSA) is 88.6 Å². The van der Waals surface area contributed by atoms with E-state index < -0.39 is 0 Å². The van der Waals surface area contributed by atoms with Crippen LogP contribution >= 0.6 is 0 Å². The third-order valence-electron chi connectivity index (χ3n) is 5.49. The minimum Gasteiger partial charge on any atom is -0.454 e. The van der Waals surface area contributed by atoms with Crippen LogP contribution in [0, 0.1) is 5.92 Å². The molecular formula is C22H29N5O3. The molecular weight excluding hydrogens is 382 g/mol. The molecule has 0 aliphatic carbocycles. The van der Waals surface area contributed by atoms with Crippen LogP contribution in [0.25, 0.3) is 0 Å². The number of hydrogen-bond acceptors (Lipinski definition) is 7. The Hall–Kier alpha value is -3.03. The number of benzene rings is 1. The van der Waals surface area contributed by atoms with Gasteiger partial charge in [-0.25, -0.2) is 9.97 Å². The van der Waals surface area contributed by atoms with Gasteiger partial charge in [0.25, 0.3) is 0 Å². The van der Waals surface area contributed by atoms with Crippen molar-refractivity contribution >= 4 is 23.2 Å². The maximum absolute atomic E-state index is 12.4. The van der Waals surface area contributed by atoms with Crippen LogP contribution < -0.4 is 25.0 Å². The van der Waals surface area contributed by atoms with Crippen molar-refractivity contribution in [2.45, 2.75) is 39.0 Å². The Balaban J connectivity index is 1.27. The summed E-state index contributed by atoms with van der Waals surface area (Å²) in [6.45, 7) is 5.17. The number of anilines is 3. The highest BCUT2D eigenvalue weighted by Gasteiger charge is 2.22. The summed E-state index contributed by atoms with van der Waals surface area (Å²) in [5, 5.41) is 6.28. The van der Waals surface area contributed by atoms with E-state index in [-0.39, 0.29) is 12.7 Å². The van der Waals surface area contributed by atoms with Crippen molar-refractivity contribution in [1.82, 2.24) is 9.97 Å². The molecule has 1 amide bonds. The lowest BCUT2D eigenvalue weighted by Gasteiger charge is -2.33. The number of piperidine rings is 1. The second-order valence-corrected chi connectivity index (χ2v) is 7.80. The van der Waals surface area contributed by atoms with E-state index in [1.54, 1.807) is 6.33 Å². The summed E-state index contributed by atoms with van der Waals surface area (Å²) < 4.78 is 10.7. The Kier molecular flexibility index (Phi) is 6.51. The van der Waals surface area contributed by atoms with Gasteiger partial charge in [-0.3, -0.25) is 4.79 Å². The van der Waals surface area contributed by atoms with Crippen LogP contribution in [0.3, 0.4) is 0 Å². The van der Waals surface area contributed by atoms with Gasteiger partial charge in [-0.15, -0.1) is 0 Å². The zero-order valence-electron chi connectivity index (χ0n) is 17.4. The summed E-state index contributed by atoms with van der Waals surface area (Å²) in [4.78, 5) is 23.5. The maximum atomic E-state index is 12.4. The number of fused-ring (bicyclic) bond motifs is 1. The number of rotatable bonds is 8. The molecule has 1 atom stereocenters. The molecule has 2 N–H and O–H groups in total. The molecule has 0 saturated carbocycles. The molecule has 0 bridgehead atoms. The number of nitrogens with one attached hydrogen (secondary N) is 2. The van der Waals surface area contributed by atoms with E-state index in [9.17, 15) is 4.79 Å². The SMILES string of the molecule is CCCNc1cc(N2CCCC(CCC(=O)Nc3ccc4c(c3)OCO4)C2)ncn1. The number of nitrogens with zero attached hydrogens (tertiary/aromatic N) is 3. The van der Waals surface area contributed by atoms with Gasteiger partial charge in [0.2, 0.25) is 12.7 Å². The first-order chi connectivity index (χ1) is 14.7. The van der Waals surface area contributed by atoms with E-state index in [1.165, 1.54) is 0 Å². The highest BCUT2D eigenvalue weighted by Crippen LogP contribution is 2.34. The van der Waals surface area contributed by atoms with Crippen molar-refractivity contribution in [3.63, 3.8) is 0 Å². The fraction of sp³-hybridized carbons (Fsp3) is 0.500. The summed E-state index contributed by atoms with van der Waals surface area (Å²) in [5.74, 6) is 3.72. The zero-order valence-corrected chi connectivity index (χ0v) is 17.4. The fourth-order valence-electron chi connectivity index (χ4n) is 3.91. The van der Waals surface area contributed by atoms with Gasteiger partial charge in [-0.1, -0.05) is 6.92 Å². The average molecular weight is 412 g/mol. The minimum atomic E-state index is 0.0269. The average Bonchev–Trinajstić information content (AvgIpc) is 3.25. The van der Waals surface area contributed by atoms with Gasteiger partial charge in [0.05, 0.1) is 0 Å². The first kappa shape index (κ1) is 20.3. The van der Waals surface area contributed by atoms with Gasteiger partial charge in [0, 0.05) is 43.9 Å².